The van der Waals surface area contributed by atoms with Crippen molar-refractivity contribution in [2.45, 2.75) is 38.8 Å². The maximum atomic E-state index is 5.64. The number of rotatable bonds is 5. The maximum Gasteiger partial charge on any atom is 0.234 e. The van der Waals surface area contributed by atoms with Gasteiger partial charge in [-0.15, -0.1) is 10.2 Å². The lowest BCUT2D eigenvalue weighted by atomic mass is 10.2. The normalized spacial score (nSPS) is 19.9. The molecule has 1 N–H and O–H groups in total. The third-order valence-corrected chi connectivity index (χ3v) is 3.88. The standard InChI is InChI=1S/C11H17N5OS/c1-2-5-12-7-9-15-16-10(8-4-3-6-17-8)13-14-11(16)18-9/h8,12H,2-7H2,1H3. The number of ether oxygens (including phenoxy) is 1. The van der Waals surface area contributed by atoms with Crippen LogP contribution in [0.25, 0.3) is 4.96 Å². The summed E-state index contributed by atoms with van der Waals surface area (Å²) in [7, 11) is 0. The summed E-state index contributed by atoms with van der Waals surface area (Å²) in [6, 6.07) is 0. The summed E-state index contributed by atoms with van der Waals surface area (Å²) in [6.45, 7) is 4.78. The van der Waals surface area contributed by atoms with E-state index in [1.165, 1.54) is 0 Å². The van der Waals surface area contributed by atoms with Crippen LogP contribution in [-0.2, 0) is 11.3 Å². The van der Waals surface area contributed by atoms with Crippen LogP contribution in [0.3, 0.4) is 0 Å². The van der Waals surface area contributed by atoms with Gasteiger partial charge in [-0.1, -0.05) is 18.3 Å². The molecule has 1 unspecified atom stereocenters. The van der Waals surface area contributed by atoms with Crippen LogP contribution in [0.4, 0.5) is 0 Å². The third kappa shape index (κ3) is 2.25. The van der Waals surface area contributed by atoms with E-state index in [4.69, 9.17) is 4.74 Å². The van der Waals surface area contributed by atoms with Gasteiger partial charge in [0.25, 0.3) is 0 Å². The highest BCUT2D eigenvalue weighted by atomic mass is 32.1. The highest BCUT2D eigenvalue weighted by molar-refractivity contribution is 7.16. The Kier molecular flexibility index (Phi) is 3.53. The molecule has 0 aliphatic carbocycles. The first kappa shape index (κ1) is 12.0. The zero-order chi connectivity index (χ0) is 12.4. The zero-order valence-electron chi connectivity index (χ0n) is 10.4. The molecule has 6 nitrogen and oxygen atoms in total. The van der Waals surface area contributed by atoms with Gasteiger partial charge in [-0.3, -0.25) is 0 Å². The molecule has 1 saturated heterocycles. The molecule has 0 bridgehead atoms. The van der Waals surface area contributed by atoms with Gasteiger partial charge in [-0.25, -0.2) is 0 Å². The molecular formula is C11H17N5OS. The molecule has 0 radical (unpaired) electrons. The average molecular weight is 267 g/mol. The number of hydrogen-bond donors (Lipinski definition) is 1. The Morgan fingerprint density at radius 1 is 1.50 bits per heavy atom. The van der Waals surface area contributed by atoms with Crippen LogP contribution in [-0.4, -0.2) is 33.0 Å². The Morgan fingerprint density at radius 3 is 3.22 bits per heavy atom. The first-order valence-electron chi connectivity index (χ1n) is 6.42. The zero-order valence-corrected chi connectivity index (χ0v) is 11.2. The quantitative estimate of drug-likeness (QED) is 0.832. The van der Waals surface area contributed by atoms with E-state index in [0.29, 0.717) is 0 Å². The van der Waals surface area contributed by atoms with Crippen LogP contribution < -0.4 is 5.32 Å². The molecule has 0 aromatic carbocycles. The number of aromatic nitrogens is 4. The largest absolute Gasteiger partial charge is 0.370 e. The van der Waals surface area contributed by atoms with Crippen molar-refractivity contribution < 1.29 is 4.74 Å². The molecule has 2 aromatic rings. The Bertz CT molecular complexity index is 516. The summed E-state index contributed by atoms with van der Waals surface area (Å²) >= 11 is 1.59. The average Bonchev–Trinajstić information content (AvgIpc) is 3.03. The Morgan fingerprint density at radius 2 is 2.44 bits per heavy atom. The number of nitrogens with one attached hydrogen (secondary N) is 1. The second-order valence-corrected chi connectivity index (χ2v) is 5.47. The minimum Gasteiger partial charge on any atom is -0.370 e. The van der Waals surface area contributed by atoms with Crippen LogP contribution in [0.2, 0.25) is 0 Å². The molecule has 1 atom stereocenters. The molecule has 2 aromatic heterocycles. The molecule has 1 aliphatic heterocycles. The molecule has 18 heavy (non-hydrogen) atoms. The summed E-state index contributed by atoms with van der Waals surface area (Å²) in [4.78, 5) is 0.855. The number of hydrogen-bond acceptors (Lipinski definition) is 6. The molecule has 0 amide bonds. The van der Waals surface area contributed by atoms with Crippen molar-refractivity contribution in [3.05, 3.63) is 10.8 Å². The van der Waals surface area contributed by atoms with Crippen molar-refractivity contribution in [2.75, 3.05) is 13.2 Å². The van der Waals surface area contributed by atoms with E-state index in [2.05, 4.69) is 27.5 Å². The summed E-state index contributed by atoms with van der Waals surface area (Å²) in [5.74, 6) is 0.848. The van der Waals surface area contributed by atoms with E-state index in [-0.39, 0.29) is 6.10 Å². The molecule has 1 aliphatic rings. The first-order valence-corrected chi connectivity index (χ1v) is 7.23. The van der Waals surface area contributed by atoms with Crippen molar-refractivity contribution >= 4 is 16.3 Å². The summed E-state index contributed by atoms with van der Waals surface area (Å²) in [6.07, 6.45) is 3.31. The molecule has 98 valence electrons. The van der Waals surface area contributed by atoms with Gasteiger partial charge in [0.1, 0.15) is 11.1 Å². The summed E-state index contributed by atoms with van der Waals surface area (Å²) < 4.78 is 7.48. The van der Waals surface area contributed by atoms with Gasteiger partial charge in [0, 0.05) is 13.2 Å². The van der Waals surface area contributed by atoms with Crippen molar-refractivity contribution in [3.8, 4) is 0 Å². The highest BCUT2D eigenvalue weighted by Gasteiger charge is 2.24. The predicted octanol–water partition coefficient (Wildman–Crippen LogP) is 1.54. The van der Waals surface area contributed by atoms with E-state index in [1.807, 2.05) is 4.52 Å². The molecule has 3 rings (SSSR count). The van der Waals surface area contributed by atoms with Crippen molar-refractivity contribution in [1.29, 1.82) is 0 Å². The maximum absolute atomic E-state index is 5.64. The first-order chi connectivity index (χ1) is 8.88. The fourth-order valence-corrected chi connectivity index (χ4v) is 2.91. The fraction of sp³-hybridized carbons (Fsp3) is 0.727. The van der Waals surface area contributed by atoms with Gasteiger partial charge < -0.3 is 10.1 Å². The SMILES string of the molecule is CCCNCc1nn2c(C3CCCO3)nnc2s1. The van der Waals surface area contributed by atoms with Crippen molar-refractivity contribution in [2.24, 2.45) is 0 Å². The molecule has 1 fully saturated rings. The van der Waals surface area contributed by atoms with Crippen LogP contribution >= 0.6 is 11.3 Å². The number of fused-ring (bicyclic) bond motifs is 1. The van der Waals surface area contributed by atoms with Gasteiger partial charge in [0.2, 0.25) is 4.96 Å². The lowest BCUT2D eigenvalue weighted by molar-refractivity contribution is 0.103. The van der Waals surface area contributed by atoms with E-state index < -0.39 is 0 Å². The van der Waals surface area contributed by atoms with Crippen LogP contribution in [0, 0.1) is 0 Å². The molecule has 0 spiro atoms. The Balaban J connectivity index is 1.79. The summed E-state index contributed by atoms with van der Waals surface area (Å²) in [5, 5.41) is 17.3. The molecule has 0 saturated carbocycles. The smallest absolute Gasteiger partial charge is 0.234 e. The highest BCUT2D eigenvalue weighted by Crippen LogP contribution is 2.28. The number of nitrogens with zero attached hydrogens (tertiary/aromatic N) is 4. The monoisotopic (exact) mass is 267 g/mol. The van der Waals surface area contributed by atoms with Gasteiger partial charge in [0.05, 0.1) is 0 Å². The van der Waals surface area contributed by atoms with Crippen LogP contribution in [0.1, 0.15) is 43.1 Å². The van der Waals surface area contributed by atoms with E-state index in [1.54, 1.807) is 11.3 Å². The topological polar surface area (TPSA) is 64.3 Å². The second kappa shape index (κ2) is 5.29. The molecular weight excluding hydrogens is 250 g/mol. The van der Waals surface area contributed by atoms with Gasteiger partial charge >= 0.3 is 0 Å². The van der Waals surface area contributed by atoms with Crippen molar-refractivity contribution in [3.63, 3.8) is 0 Å². The van der Waals surface area contributed by atoms with Gasteiger partial charge in [-0.05, 0) is 25.8 Å². The molecule has 3 heterocycles. The van der Waals surface area contributed by atoms with Crippen molar-refractivity contribution in [1.82, 2.24) is 25.1 Å². The Labute approximate surface area is 109 Å². The lowest BCUT2D eigenvalue weighted by Crippen LogP contribution is -2.14. The van der Waals surface area contributed by atoms with E-state index in [0.717, 1.165) is 54.8 Å². The van der Waals surface area contributed by atoms with Gasteiger partial charge in [-0.2, -0.15) is 9.61 Å². The summed E-state index contributed by atoms with van der Waals surface area (Å²) in [5.41, 5.74) is 0. The molecule has 7 heteroatoms. The third-order valence-electron chi connectivity index (χ3n) is 2.98. The predicted molar refractivity (Wildman–Crippen MR) is 68.6 cm³/mol. The van der Waals surface area contributed by atoms with Gasteiger partial charge in [0.15, 0.2) is 5.82 Å². The minimum absolute atomic E-state index is 0.0681. The fourth-order valence-electron chi connectivity index (χ4n) is 2.10. The minimum atomic E-state index is 0.0681. The van der Waals surface area contributed by atoms with Crippen LogP contribution in [0.15, 0.2) is 0 Å². The van der Waals surface area contributed by atoms with Crippen LogP contribution in [0.5, 0.6) is 0 Å². The second-order valence-electron chi connectivity index (χ2n) is 4.43. The van der Waals surface area contributed by atoms with E-state index >= 15 is 0 Å². The lowest BCUT2D eigenvalue weighted by Gasteiger charge is -2.04. The Hall–Kier alpha value is -1.05. The van der Waals surface area contributed by atoms with E-state index in [9.17, 15) is 0 Å².